The van der Waals surface area contributed by atoms with Crippen LogP contribution in [0.25, 0.3) is 0 Å². The van der Waals surface area contributed by atoms with Crippen LogP contribution in [0.1, 0.15) is 309 Å². The summed E-state index contributed by atoms with van der Waals surface area (Å²) in [5.41, 5.74) is 0. The molecule has 3 fully saturated rings. The first kappa shape index (κ1) is 65.8. The standard InChI is InChI=1S/C61H113O11P/c1-53(35-23-13-12-16-26-38-54-39-27-19-20-28-40-54)47-48-60(64)68-49-57(62)50-70-73(66,67)71-52-58(72-61(65)46-34-18-11-7-6-9-15-25-37-56-43-31-22-32-44-56)51-69-59(63)45-33-17-10-5-3-2-4-8-14-24-36-55-41-29-21-30-42-55/h53-58,62H,2-52H2,1H3,(H,66,67)/t53-,57-,58-/m0/s1. The number of phosphoric ester groups is 1. The van der Waals surface area contributed by atoms with Gasteiger partial charge in [0, 0.05) is 19.3 Å². The van der Waals surface area contributed by atoms with E-state index in [0.717, 1.165) is 69.1 Å². The normalized spacial score (nSPS) is 18.4. The number of aliphatic hydroxyl groups excluding tert-OH is 1. The Morgan fingerprint density at radius 3 is 1.25 bits per heavy atom. The average molecular weight is 1050 g/mol. The number of esters is 3. The summed E-state index contributed by atoms with van der Waals surface area (Å²) in [6.07, 6.45) is 54.0. The van der Waals surface area contributed by atoms with Gasteiger partial charge in [0.15, 0.2) is 6.10 Å². The number of aliphatic hydroxyl groups is 1. The molecule has 0 amide bonds. The topological polar surface area (TPSA) is 155 Å². The number of carbonyl (C=O) groups excluding carboxylic acids is 3. The predicted octanol–water partition coefficient (Wildman–Crippen LogP) is 17.3. The minimum atomic E-state index is -4.72. The van der Waals surface area contributed by atoms with Gasteiger partial charge in [-0.05, 0) is 42.9 Å². The number of hydrogen-bond donors (Lipinski definition) is 2. The molecule has 73 heavy (non-hydrogen) atoms. The van der Waals surface area contributed by atoms with Gasteiger partial charge in [0.1, 0.15) is 19.3 Å². The van der Waals surface area contributed by atoms with Crippen molar-refractivity contribution in [2.75, 3.05) is 26.4 Å². The highest BCUT2D eigenvalue weighted by atomic mass is 31.2. The molecule has 0 spiro atoms. The molecule has 0 heterocycles. The Balaban J connectivity index is 1.26. The highest BCUT2D eigenvalue weighted by Gasteiger charge is 2.28. The summed E-state index contributed by atoms with van der Waals surface area (Å²) in [7, 11) is -4.72. The highest BCUT2D eigenvalue weighted by molar-refractivity contribution is 7.47. The monoisotopic (exact) mass is 1050 g/mol. The molecule has 1 unspecified atom stereocenters. The maximum Gasteiger partial charge on any atom is 0.472 e. The molecule has 3 aliphatic carbocycles. The van der Waals surface area contributed by atoms with Gasteiger partial charge < -0.3 is 24.2 Å². The lowest BCUT2D eigenvalue weighted by molar-refractivity contribution is -0.161. The summed E-state index contributed by atoms with van der Waals surface area (Å²) < 4.78 is 39.4. The maximum atomic E-state index is 12.9. The Labute approximate surface area is 447 Å². The third kappa shape index (κ3) is 38.6. The van der Waals surface area contributed by atoms with Gasteiger partial charge >= 0.3 is 25.7 Å². The summed E-state index contributed by atoms with van der Waals surface area (Å²) in [6.45, 7) is 0.298. The lowest BCUT2D eigenvalue weighted by Crippen LogP contribution is -2.30. The second-order valence-electron chi connectivity index (χ2n) is 23.5. The first-order chi connectivity index (χ1) is 35.6. The number of unbranched alkanes of at least 4 members (excludes halogenated alkanes) is 20. The summed E-state index contributed by atoms with van der Waals surface area (Å²) in [5.74, 6) is 1.95. The van der Waals surface area contributed by atoms with Crippen LogP contribution >= 0.6 is 7.82 Å². The molecule has 428 valence electrons. The van der Waals surface area contributed by atoms with Crippen molar-refractivity contribution in [2.24, 2.45) is 23.7 Å². The minimum absolute atomic E-state index is 0.184. The van der Waals surface area contributed by atoms with Gasteiger partial charge in [-0.3, -0.25) is 23.4 Å². The first-order valence-corrected chi connectivity index (χ1v) is 32.9. The molecule has 0 radical (unpaired) electrons. The third-order valence-electron chi connectivity index (χ3n) is 16.6. The van der Waals surface area contributed by atoms with Crippen LogP contribution in [0.4, 0.5) is 0 Å². The number of phosphoric acid groups is 1. The smallest absolute Gasteiger partial charge is 0.463 e. The fourth-order valence-corrected chi connectivity index (χ4v) is 12.6. The zero-order valence-corrected chi connectivity index (χ0v) is 47.9. The summed E-state index contributed by atoms with van der Waals surface area (Å²) in [5, 5.41) is 10.4. The van der Waals surface area contributed by atoms with E-state index in [1.807, 2.05) is 0 Å². The van der Waals surface area contributed by atoms with Gasteiger partial charge in [-0.1, -0.05) is 270 Å². The number of ether oxygens (including phenoxy) is 3. The first-order valence-electron chi connectivity index (χ1n) is 31.4. The van der Waals surface area contributed by atoms with Crippen molar-refractivity contribution in [2.45, 2.75) is 321 Å². The van der Waals surface area contributed by atoms with Gasteiger partial charge in [0.25, 0.3) is 0 Å². The van der Waals surface area contributed by atoms with Gasteiger partial charge in [-0.2, -0.15) is 0 Å². The van der Waals surface area contributed by atoms with Crippen molar-refractivity contribution in [1.82, 2.24) is 0 Å². The van der Waals surface area contributed by atoms with Crippen LogP contribution in [0.15, 0.2) is 0 Å². The molecule has 3 saturated carbocycles. The van der Waals surface area contributed by atoms with Crippen LogP contribution < -0.4 is 0 Å². The molecule has 0 aromatic carbocycles. The summed E-state index contributed by atoms with van der Waals surface area (Å²) in [4.78, 5) is 48.5. The highest BCUT2D eigenvalue weighted by Crippen LogP contribution is 2.43. The summed E-state index contributed by atoms with van der Waals surface area (Å²) in [6, 6.07) is 0. The van der Waals surface area contributed by atoms with E-state index < -0.39 is 51.2 Å². The largest absolute Gasteiger partial charge is 0.472 e. The lowest BCUT2D eigenvalue weighted by atomic mass is 9.85. The Kier molecular flexibility index (Phi) is 40.1. The van der Waals surface area contributed by atoms with Crippen molar-refractivity contribution >= 4 is 25.7 Å². The predicted molar refractivity (Wildman–Crippen MR) is 296 cm³/mol. The maximum absolute atomic E-state index is 12.9. The Morgan fingerprint density at radius 2 is 0.781 bits per heavy atom. The second kappa shape index (κ2) is 44.5. The minimum Gasteiger partial charge on any atom is -0.463 e. The fourth-order valence-electron chi connectivity index (χ4n) is 11.8. The van der Waals surface area contributed by atoms with Gasteiger partial charge in [-0.15, -0.1) is 0 Å². The molecule has 12 heteroatoms. The van der Waals surface area contributed by atoms with E-state index in [1.54, 1.807) is 0 Å². The molecule has 0 aliphatic heterocycles. The van der Waals surface area contributed by atoms with Crippen LogP contribution in [0, 0.1) is 23.7 Å². The van der Waals surface area contributed by atoms with Gasteiger partial charge in [0.2, 0.25) is 0 Å². The van der Waals surface area contributed by atoms with E-state index in [-0.39, 0.29) is 32.5 Å². The molecule has 3 rings (SSSR count). The van der Waals surface area contributed by atoms with E-state index in [2.05, 4.69) is 6.92 Å². The van der Waals surface area contributed by atoms with E-state index in [1.165, 1.54) is 212 Å². The Hall–Kier alpha value is -1.52. The molecular weight excluding hydrogens is 940 g/mol. The van der Waals surface area contributed by atoms with Crippen molar-refractivity contribution in [3.05, 3.63) is 0 Å². The van der Waals surface area contributed by atoms with E-state index >= 15 is 0 Å². The van der Waals surface area contributed by atoms with Crippen molar-refractivity contribution in [1.29, 1.82) is 0 Å². The zero-order valence-electron chi connectivity index (χ0n) is 47.0. The second-order valence-corrected chi connectivity index (χ2v) is 24.9. The average Bonchev–Trinajstić information content (AvgIpc) is 3.67. The number of rotatable bonds is 46. The molecule has 3 aliphatic rings. The Morgan fingerprint density at radius 1 is 0.425 bits per heavy atom. The van der Waals surface area contributed by atoms with E-state index in [4.69, 9.17) is 23.3 Å². The van der Waals surface area contributed by atoms with Crippen molar-refractivity contribution < 1.29 is 52.2 Å². The zero-order chi connectivity index (χ0) is 52.3. The van der Waals surface area contributed by atoms with Crippen LogP contribution in [0.3, 0.4) is 0 Å². The fraction of sp³-hybridized carbons (Fsp3) is 0.951. The quantitative estimate of drug-likeness (QED) is 0.0197. The number of carbonyl (C=O) groups is 3. The van der Waals surface area contributed by atoms with E-state index in [9.17, 15) is 28.9 Å². The SMILES string of the molecule is C[C@@H](CCCCCCCC1CCCCCC1)CCC(=O)OC[C@H](O)COP(=O)(O)OC[C@H](COC(=O)CCCCCCCCCCCCC1CCCCC1)OC(=O)CCCCCCCCCCC1CCCCC1. The van der Waals surface area contributed by atoms with Crippen molar-refractivity contribution in [3.63, 3.8) is 0 Å². The van der Waals surface area contributed by atoms with Crippen LogP contribution in [0.5, 0.6) is 0 Å². The van der Waals surface area contributed by atoms with Crippen molar-refractivity contribution in [3.8, 4) is 0 Å². The molecule has 4 atom stereocenters. The molecule has 11 nitrogen and oxygen atoms in total. The van der Waals surface area contributed by atoms with Crippen LogP contribution in [-0.2, 0) is 42.2 Å². The number of hydrogen-bond acceptors (Lipinski definition) is 10. The third-order valence-corrected chi connectivity index (χ3v) is 17.5. The van der Waals surface area contributed by atoms with Crippen LogP contribution in [0.2, 0.25) is 0 Å². The molecule has 0 aromatic heterocycles. The Bertz CT molecular complexity index is 1380. The molecule has 0 aromatic rings. The molecule has 0 saturated heterocycles. The molecular formula is C61H113O11P. The van der Waals surface area contributed by atoms with Gasteiger partial charge in [0.05, 0.1) is 13.2 Å². The van der Waals surface area contributed by atoms with Gasteiger partial charge in [-0.25, -0.2) is 4.57 Å². The van der Waals surface area contributed by atoms with E-state index in [0.29, 0.717) is 25.2 Å². The molecule has 2 N–H and O–H groups in total. The summed E-state index contributed by atoms with van der Waals surface area (Å²) >= 11 is 0. The van der Waals surface area contributed by atoms with Crippen LogP contribution in [-0.4, -0.2) is 66.5 Å². The molecule has 0 bridgehead atoms. The lowest BCUT2D eigenvalue weighted by Gasteiger charge is -2.21.